The molecule has 3 rings (SSSR count). The predicted molar refractivity (Wildman–Crippen MR) is 111 cm³/mol. The van der Waals surface area contributed by atoms with Crippen molar-refractivity contribution in [2.24, 2.45) is 0 Å². The van der Waals surface area contributed by atoms with E-state index >= 15 is 0 Å². The Morgan fingerprint density at radius 3 is 2.63 bits per heavy atom. The van der Waals surface area contributed by atoms with Gasteiger partial charge in [0.2, 0.25) is 10.0 Å². The van der Waals surface area contributed by atoms with E-state index in [2.05, 4.69) is 5.32 Å². The first-order valence-corrected chi connectivity index (χ1v) is 11.1. The Labute approximate surface area is 169 Å². The van der Waals surface area contributed by atoms with Crippen LogP contribution in [0.1, 0.15) is 35.7 Å². The van der Waals surface area contributed by atoms with Gasteiger partial charge in [0.25, 0.3) is 5.91 Å². The maximum atomic E-state index is 12.5. The van der Waals surface area contributed by atoms with Crippen LogP contribution in [0.2, 0.25) is 10.0 Å². The first-order valence-electron chi connectivity index (χ1n) is 8.71. The molecule has 0 unspecified atom stereocenters. The van der Waals surface area contributed by atoms with Crippen LogP contribution in [0.4, 0.5) is 11.4 Å². The average Bonchev–Trinajstić information content (AvgIpc) is 2.63. The summed E-state index contributed by atoms with van der Waals surface area (Å²) in [6.07, 6.45) is 2.09. The Morgan fingerprint density at radius 2 is 1.93 bits per heavy atom. The van der Waals surface area contributed by atoms with Crippen LogP contribution >= 0.6 is 23.2 Å². The Bertz CT molecular complexity index is 977. The van der Waals surface area contributed by atoms with E-state index in [9.17, 15) is 13.2 Å². The van der Waals surface area contributed by atoms with Crippen molar-refractivity contribution in [3.8, 4) is 0 Å². The molecule has 0 bridgehead atoms. The fraction of sp³-hybridized carbons (Fsp3) is 0.316. The molecule has 0 aliphatic carbocycles. The van der Waals surface area contributed by atoms with Gasteiger partial charge in [0, 0.05) is 17.8 Å². The second kappa shape index (κ2) is 8.09. The second-order valence-electron chi connectivity index (χ2n) is 6.42. The molecule has 0 saturated carbocycles. The van der Waals surface area contributed by atoms with E-state index in [4.69, 9.17) is 23.2 Å². The van der Waals surface area contributed by atoms with Gasteiger partial charge in [0.05, 0.1) is 21.5 Å². The van der Waals surface area contributed by atoms with Crippen molar-refractivity contribution in [1.82, 2.24) is 0 Å². The van der Waals surface area contributed by atoms with Crippen LogP contribution in [0.5, 0.6) is 0 Å². The first kappa shape index (κ1) is 20.0. The minimum atomic E-state index is -3.32. The molecule has 27 heavy (non-hydrogen) atoms. The summed E-state index contributed by atoms with van der Waals surface area (Å²) < 4.78 is 26.5. The summed E-state index contributed by atoms with van der Waals surface area (Å²) >= 11 is 11.8. The molecule has 1 amide bonds. The third-order valence-electron chi connectivity index (χ3n) is 4.39. The van der Waals surface area contributed by atoms with E-state index < -0.39 is 10.0 Å². The van der Waals surface area contributed by atoms with Crippen LogP contribution in [0, 0.1) is 0 Å². The zero-order chi connectivity index (χ0) is 19.6. The Kier molecular flexibility index (Phi) is 5.99. The molecule has 2 aromatic carbocycles. The molecule has 0 aromatic heterocycles. The van der Waals surface area contributed by atoms with Gasteiger partial charge in [-0.25, -0.2) is 8.42 Å². The monoisotopic (exact) mass is 426 g/mol. The summed E-state index contributed by atoms with van der Waals surface area (Å²) in [5.74, 6) is -0.179. The number of halogens is 2. The molecule has 0 saturated heterocycles. The van der Waals surface area contributed by atoms with Crippen molar-refractivity contribution in [3.63, 3.8) is 0 Å². The lowest BCUT2D eigenvalue weighted by molar-refractivity contribution is 0.102. The van der Waals surface area contributed by atoms with Crippen molar-refractivity contribution < 1.29 is 13.2 Å². The average molecular weight is 427 g/mol. The molecule has 0 fully saturated rings. The normalized spacial score (nSPS) is 14.0. The number of nitrogens with one attached hydrogen (secondary N) is 1. The van der Waals surface area contributed by atoms with Gasteiger partial charge in [-0.2, -0.15) is 0 Å². The van der Waals surface area contributed by atoms with Crippen LogP contribution in [-0.2, 0) is 16.4 Å². The lowest BCUT2D eigenvalue weighted by Gasteiger charge is -2.30. The predicted octanol–water partition coefficient (Wildman–Crippen LogP) is 4.74. The van der Waals surface area contributed by atoms with Gasteiger partial charge in [-0.1, -0.05) is 30.1 Å². The van der Waals surface area contributed by atoms with E-state index in [1.165, 1.54) is 10.4 Å². The highest BCUT2D eigenvalue weighted by molar-refractivity contribution is 7.92. The molecule has 8 heteroatoms. The van der Waals surface area contributed by atoms with Gasteiger partial charge in [-0.15, -0.1) is 0 Å². The lowest BCUT2D eigenvalue weighted by atomic mass is 10.0. The van der Waals surface area contributed by atoms with Crippen LogP contribution in [0.3, 0.4) is 0 Å². The lowest BCUT2D eigenvalue weighted by Crippen LogP contribution is -2.37. The zero-order valence-electron chi connectivity index (χ0n) is 14.8. The molecule has 5 nitrogen and oxygen atoms in total. The summed E-state index contributed by atoms with van der Waals surface area (Å²) in [6, 6.07) is 9.98. The van der Waals surface area contributed by atoms with Crippen LogP contribution < -0.4 is 9.62 Å². The number of rotatable bonds is 5. The topological polar surface area (TPSA) is 66.5 Å². The molecule has 144 valence electrons. The number of aryl methyl sites for hydroxylation is 1. The van der Waals surface area contributed by atoms with E-state index in [-0.39, 0.29) is 11.7 Å². The van der Waals surface area contributed by atoms with Crippen molar-refractivity contribution in [2.45, 2.75) is 26.2 Å². The van der Waals surface area contributed by atoms with Gasteiger partial charge in [-0.3, -0.25) is 9.10 Å². The maximum Gasteiger partial charge on any atom is 0.255 e. The van der Waals surface area contributed by atoms with Crippen LogP contribution in [0.25, 0.3) is 0 Å². The highest BCUT2D eigenvalue weighted by atomic mass is 35.5. The van der Waals surface area contributed by atoms with Crippen molar-refractivity contribution >= 4 is 50.5 Å². The number of sulfonamides is 1. The largest absolute Gasteiger partial charge is 0.322 e. The highest BCUT2D eigenvalue weighted by Crippen LogP contribution is 2.32. The highest BCUT2D eigenvalue weighted by Gasteiger charge is 2.27. The van der Waals surface area contributed by atoms with Gasteiger partial charge in [0.15, 0.2) is 0 Å². The smallest absolute Gasteiger partial charge is 0.255 e. The molecular formula is C19H20Cl2N2O3S. The van der Waals surface area contributed by atoms with Crippen molar-refractivity contribution in [1.29, 1.82) is 0 Å². The van der Waals surface area contributed by atoms with Crippen molar-refractivity contribution in [2.75, 3.05) is 21.9 Å². The van der Waals surface area contributed by atoms with E-state index in [1.807, 2.05) is 13.0 Å². The number of carbonyl (C=O) groups excluding carboxylic acids is 1. The fourth-order valence-corrected chi connectivity index (χ4v) is 5.06. The Morgan fingerprint density at radius 1 is 1.15 bits per heavy atom. The zero-order valence-corrected chi connectivity index (χ0v) is 17.2. The summed E-state index contributed by atoms with van der Waals surface area (Å²) in [6.45, 7) is 2.34. The summed E-state index contributed by atoms with van der Waals surface area (Å²) in [4.78, 5) is 12.4. The molecule has 1 N–H and O–H groups in total. The van der Waals surface area contributed by atoms with E-state index in [0.29, 0.717) is 39.9 Å². The minimum absolute atomic E-state index is 0.127. The minimum Gasteiger partial charge on any atom is -0.322 e. The molecule has 1 heterocycles. The number of benzene rings is 2. The molecule has 0 spiro atoms. The number of hydrogen-bond acceptors (Lipinski definition) is 3. The van der Waals surface area contributed by atoms with E-state index in [0.717, 1.165) is 18.4 Å². The third kappa shape index (κ3) is 4.39. The summed E-state index contributed by atoms with van der Waals surface area (Å²) in [7, 11) is -3.32. The number of amides is 1. The molecular weight excluding hydrogens is 407 g/mol. The molecule has 0 atom stereocenters. The third-order valence-corrected chi connectivity index (χ3v) is 7.11. The Balaban J connectivity index is 1.83. The Hall–Kier alpha value is -1.76. The fourth-order valence-electron chi connectivity index (χ4n) is 3.14. The van der Waals surface area contributed by atoms with Gasteiger partial charge < -0.3 is 5.32 Å². The van der Waals surface area contributed by atoms with E-state index in [1.54, 1.807) is 24.3 Å². The quantitative estimate of drug-likeness (QED) is 0.750. The molecule has 1 aliphatic rings. The summed E-state index contributed by atoms with van der Waals surface area (Å²) in [5, 5.41) is 3.52. The molecule has 2 aromatic rings. The maximum absolute atomic E-state index is 12.5. The number of hydrogen-bond donors (Lipinski definition) is 1. The number of nitrogens with zero attached hydrogens (tertiary/aromatic N) is 1. The van der Waals surface area contributed by atoms with Crippen molar-refractivity contribution in [3.05, 3.63) is 57.6 Å². The standard InChI is InChI=1S/C19H20Cl2N2O3S/c1-2-10-27(25,26)23-9-3-4-13-11-15(6-8-18(13)23)22-19(24)14-5-7-16(20)17(21)12-14/h5-8,11-12H,2-4,9-10H2,1H3,(H,22,24). The summed E-state index contributed by atoms with van der Waals surface area (Å²) in [5.41, 5.74) is 2.61. The number of anilines is 2. The number of carbonyl (C=O) groups is 1. The van der Waals surface area contributed by atoms with Crippen LogP contribution in [-0.4, -0.2) is 26.6 Å². The number of fused-ring (bicyclic) bond motifs is 1. The van der Waals surface area contributed by atoms with Gasteiger partial charge >= 0.3 is 0 Å². The molecule has 1 aliphatic heterocycles. The van der Waals surface area contributed by atoms with Gasteiger partial charge in [-0.05, 0) is 61.2 Å². The molecule has 0 radical (unpaired) electrons. The van der Waals surface area contributed by atoms with Crippen LogP contribution in [0.15, 0.2) is 36.4 Å². The second-order valence-corrected chi connectivity index (χ2v) is 9.25. The first-order chi connectivity index (χ1) is 12.8. The SMILES string of the molecule is CCCS(=O)(=O)N1CCCc2cc(NC(=O)c3ccc(Cl)c(Cl)c3)ccc21. The van der Waals surface area contributed by atoms with Gasteiger partial charge in [0.1, 0.15) is 0 Å².